The normalized spacial score (nSPS) is 34.5. The molecule has 1 rings (SSSR count). The van der Waals surface area contributed by atoms with Gasteiger partial charge in [0, 0.05) is 6.04 Å². The van der Waals surface area contributed by atoms with Crippen LogP contribution in [0.5, 0.6) is 0 Å². The summed E-state index contributed by atoms with van der Waals surface area (Å²) >= 11 is 0. The summed E-state index contributed by atoms with van der Waals surface area (Å²) in [6, 6.07) is -0.0857. The van der Waals surface area contributed by atoms with Gasteiger partial charge >= 0.3 is 0 Å². The Kier molecular flexibility index (Phi) is 2.26. The van der Waals surface area contributed by atoms with Crippen LogP contribution in [0.4, 0.5) is 4.39 Å². The third kappa shape index (κ3) is 1.92. The smallest absolute Gasteiger partial charge is 0.117 e. The summed E-state index contributed by atoms with van der Waals surface area (Å²) in [6.07, 6.45) is -0.719. The van der Waals surface area contributed by atoms with Gasteiger partial charge < -0.3 is 5.11 Å². The molecule has 3 unspecified atom stereocenters. The summed E-state index contributed by atoms with van der Waals surface area (Å²) in [5, 5.41) is 12.0. The number of rotatable bonds is 3. The Balaban J connectivity index is 2.13. The zero-order valence-corrected chi connectivity index (χ0v) is 6.34. The fraction of sp³-hybridized carbons (Fsp3) is 1.00. The largest absolute Gasteiger partial charge is 0.378 e. The van der Waals surface area contributed by atoms with Gasteiger partial charge in [-0.3, -0.25) is 5.32 Å². The van der Waals surface area contributed by atoms with E-state index in [9.17, 15) is 9.50 Å². The highest BCUT2D eigenvalue weighted by atomic mass is 19.1. The highest BCUT2D eigenvalue weighted by Crippen LogP contribution is 2.25. The van der Waals surface area contributed by atoms with Gasteiger partial charge in [-0.05, 0) is 12.3 Å². The van der Waals surface area contributed by atoms with Gasteiger partial charge in [0.1, 0.15) is 12.4 Å². The van der Waals surface area contributed by atoms with Crippen LogP contribution in [0.1, 0.15) is 20.3 Å². The molecule has 2 nitrogen and oxygen atoms in total. The van der Waals surface area contributed by atoms with Gasteiger partial charge in [-0.25, -0.2) is 4.39 Å². The lowest BCUT2D eigenvalue weighted by atomic mass is 10.2. The minimum Gasteiger partial charge on any atom is -0.378 e. The second kappa shape index (κ2) is 2.84. The molecule has 0 spiro atoms. The van der Waals surface area contributed by atoms with E-state index in [1.54, 1.807) is 0 Å². The van der Waals surface area contributed by atoms with Crippen LogP contribution in [0.3, 0.4) is 0 Å². The molecule has 2 N–H and O–H groups in total. The molecule has 3 atom stereocenters. The van der Waals surface area contributed by atoms with Crippen LogP contribution in [0.25, 0.3) is 0 Å². The molecular formula is C7H14FNO. The van der Waals surface area contributed by atoms with Crippen molar-refractivity contribution in [3.63, 3.8) is 0 Å². The summed E-state index contributed by atoms with van der Waals surface area (Å²) in [5.74, 6) is 0.160. The van der Waals surface area contributed by atoms with Gasteiger partial charge in [0.2, 0.25) is 0 Å². The quantitative estimate of drug-likeness (QED) is 0.575. The van der Waals surface area contributed by atoms with E-state index < -0.39 is 12.4 Å². The number of halogens is 1. The number of nitrogens with one attached hydrogen (secondary N) is 1. The number of aliphatic hydroxyl groups excluding tert-OH is 1. The lowest BCUT2D eigenvalue weighted by Crippen LogP contribution is -2.35. The van der Waals surface area contributed by atoms with Crippen LogP contribution < -0.4 is 5.32 Å². The first-order chi connectivity index (χ1) is 4.61. The van der Waals surface area contributed by atoms with Crippen LogP contribution in [0.2, 0.25) is 0 Å². The van der Waals surface area contributed by atoms with E-state index >= 15 is 0 Å². The van der Waals surface area contributed by atoms with E-state index in [4.69, 9.17) is 0 Å². The molecule has 3 heteroatoms. The monoisotopic (exact) mass is 147 g/mol. The molecule has 0 amide bonds. The number of hydrogen-bond acceptors (Lipinski definition) is 2. The van der Waals surface area contributed by atoms with Crippen LogP contribution in [0.15, 0.2) is 0 Å². The van der Waals surface area contributed by atoms with Gasteiger partial charge in [-0.2, -0.15) is 0 Å². The zero-order chi connectivity index (χ0) is 7.72. The molecular weight excluding hydrogens is 133 g/mol. The molecule has 1 saturated carbocycles. The maximum atomic E-state index is 12.2. The predicted octanol–water partition coefficient (Wildman–Crippen LogP) is 0.661. The second-order valence-electron chi connectivity index (χ2n) is 3.21. The van der Waals surface area contributed by atoms with Crippen LogP contribution in [-0.2, 0) is 0 Å². The molecule has 0 bridgehead atoms. The van der Waals surface area contributed by atoms with Crippen molar-refractivity contribution in [3.8, 4) is 0 Å². The fourth-order valence-electron chi connectivity index (χ4n) is 0.748. The summed E-state index contributed by atoms with van der Waals surface area (Å²) < 4.78 is 12.2. The molecule has 0 heterocycles. The van der Waals surface area contributed by atoms with E-state index in [2.05, 4.69) is 5.32 Å². The highest BCUT2D eigenvalue weighted by Gasteiger charge is 2.38. The highest BCUT2D eigenvalue weighted by molar-refractivity contribution is 4.94. The third-order valence-corrected chi connectivity index (χ3v) is 1.73. The molecule has 0 aromatic carbocycles. The van der Waals surface area contributed by atoms with Crippen molar-refractivity contribution in [1.29, 1.82) is 0 Å². The topological polar surface area (TPSA) is 32.3 Å². The minimum absolute atomic E-state index is 0.0857. The number of alkyl halides is 1. The Bertz CT molecular complexity index is 118. The lowest BCUT2D eigenvalue weighted by molar-refractivity contribution is 0.0861. The first-order valence-electron chi connectivity index (χ1n) is 3.69. The summed E-state index contributed by atoms with van der Waals surface area (Å²) in [7, 11) is 0. The SMILES string of the molecule is CC(C)C(O)NC1CC1F. The van der Waals surface area contributed by atoms with Gasteiger partial charge in [-0.15, -0.1) is 0 Å². The molecule has 1 aliphatic rings. The van der Waals surface area contributed by atoms with E-state index in [-0.39, 0.29) is 12.0 Å². The molecule has 1 fully saturated rings. The Labute approximate surface area is 60.4 Å². The third-order valence-electron chi connectivity index (χ3n) is 1.73. The molecule has 60 valence electrons. The first kappa shape index (κ1) is 7.95. The Hall–Kier alpha value is -0.150. The molecule has 0 aromatic rings. The van der Waals surface area contributed by atoms with Gasteiger partial charge in [0.25, 0.3) is 0 Å². The van der Waals surface area contributed by atoms with Gasteiger partial charge in [0.05, 0.1) is 0 Å². The van der Waals surface area contributed by atoms with Gasteiger partial charge in [-0.1, -0.05) is 13.8 Å². The van der Waals surface area contributed by atoms with Gasteiger partial charge in [0.15, 0.2) is 0 Å². The van der Waals surface area contributed by atoms with E-state index in [0.29, 0.717) is 6.42 Å². The van der Waals surface area contributed by atoms with Crippen molar-refractivity contribution in [1.82, 2.24) is 5.32 Å². The molecule has 0 saturated heterocycles. The summed E-state index contributed by atoms with van der Waals surface area (Å²) in [4.78, 5) is 0. The van der Waals surface area contributed by atoms with Crippen LogP contribution in [0, 0.1) is 5.92 Å². The standard InChI is InChI=1S/C7H14FNO/c1-4(2)7(10)9-6-3-5(6)8/h4-7,9-10H,3H2,1-2H3. The summed E-state index contributed by atoms with van der Waals surface area (Å²) in [6.45, 7) is 3.79. The molecule has 0 aliphatic heterocycles. The summed E-state index contributed by atoms with van der Waals surface area (Å²) in [5.41, 5.74) is 0. The van der Waals surface area contributed by atoms with Crippen molar-refractivity contribution in [3.05, 3.63) is 0 Å². The lowest BCUT2D eigenvalue weighted by Gasteiger charge is -2.14. The van der Waals surface area contributed by atoms with Crippen LogP contribution >= 0.6 is 0 Å². The molecule has 0 radical (unpaired) electrons. The van der Waals surface area contributed by atoms with Crippen molar-refractivity contribution in [2.24, 2.45) is 5.92 Å². The van der Waals surface area contributed by atoms with E-state index in [1.165, 1.54) is 0 Å². The van der Waals surface area contributed by atoms with Crippen molar-refractivity contribution < 1.29 is 9.50 Å². The average Bonchev–Trinajstić information content (AvgIpc) is 2.46. The van der Waals surface area contributed by atoms with Crippen LogP contribution in [-0.4, -0.2) is 23.5 Å². The van der Waals surface area contributed by atoms with E-state index in [0.717, 1.165) is 0 Å². The predicted molar refractivity (Wildman–Crippen MR) is 37.3 cm³/mol. The Morgan fingerprint density at radius 3 is 2.40 bits per heavy atom. The van der Waals surface area contributed by atoms with Crippen molar-refractivity contribution in [2.75, 3.05) is 0 Å². The maximum absolute atomic E-state index is 12.2. The Morgan fingerprint density at radius 2 is 2.10 bits per heavy atom. The second-order valence-corrected chi connectivity index (χ2v) is 3.21. The molecule has 1 aliphatic carbocycles. The van der Waals surface area contributed by atoms with E-state index in [1.807, 2.05) is 13.8 Å². The number of hydrogen-bond donors (Lipinski definition) is 2. The zero-order valence-electron chi connectivity index (χ0n) is 6.34. The maximum Gasteiger partial charge on any atom is 0.117 e. The van der Waals surface area contributed by atoms with Crippen molar-refractivity contribution >= 4 is 0 Å². The minimum atomic E-state index is -0.728. The molecule has 0 aromatic heterocycles. The fourth-order valence-corrected chi connectivity index (χ4v) is 0.748. The van der Waals surface area contributed by atoms with Crippen molar-refractivity contribution in [2.45, 2.75) is 38.7 Å². The number of aliphatic hydroxyl groups is 1. The Morgan fingerprint density at radius 1 is 1.60 bits per heavy atom. The molecule has 10 heavy (non-hydrogen) atoms. The average molecular weight is 147 g/mol. The first-order valence-corrected chi connectivity index (χ1v) is 3.69.